The molecule has 4 rings (SSSR count). The standard InChI is InChI=1S/C27H27NO5/c1-3-31-27(29)13-21-7-9-23(30-2)14-26(21)33-17-22-16-32-25-10-8-20(12-24(22)25)19-6-4-5-18(11-19)15-28/h4-12,14,16H,3,13,15,17,28H2,1-2H3. The van der Waals surface area contributed by atoms with E-state index in [9.17, 15) is 4.79 Å². The molecule has 0 aliphatic heterocycles. The zero-order valence-electron chi connectivity index (χ0n) is 18.8. The van der Waals surface area contributed by atoms with Gasteiger partial charge < -0.3 is 24.4 Å². The molecule has 0 saturated carbocycles. The fourth-order valence-electron chi connectivity index (χ4n) is 3.72. The van der Waals surface area contributed by atoms with Crippen LogP contribution in [0.15, 0.2) is 71.3 Å². The fourth-order valence-corrected chi connectivity index (χ4v) is 3.72. The Hall–Kier alpha value is -3.77. The Morgan fingerprint density at radius 1 is 1.00 bits per heavy atom. The molecule has 33 heavy (non-hydrogen) atoms. The van der Waals surface area contributed by atoms with Gasteiger partial charge in [0, 0.05) is 29.1 Å². The number of hydrogen-bond acceptors (Lipinski definition) is 6. The van der Waals surface area contributed by atoms with E-state index in [0.717, 1.165) is 38.8 Å². The van der Waals surface area contributed by atoms with Gasteiger partial charge in [-0.25, -0.2) is 0 Å². The number of carbonyl (C=O) groups is 1. The molecule has 6 nitrogen and oxygen atoms in total. The third-order valence-corrected chi connectivity index (χ3v) is 5.45. The van der Waals surface area contributed by atoms with Gasteiger partial charge >= 0.3 is 5.97 Å². The van der Waals surface area contributed by atoms with Crippen molar-refractivity contribution in [3.05, 3.63) is 83.6 Å². The highest BCUT2D eigenvalue weighted by molar-refractivity contribution is 5.86. The van der Waals surface area contributed by atoms with Crippen LogP contribution in [0.2, 0.25) is 0 Å². The summed E-state index contributed by atoms with van der Waals surface area (Å²) in [4.78, 5) is 12.0. The molecule has 0 amide bonds. The van der Waals surface area contributed by atoms with E-state index in [2.05, 4.69) is 18.2 Å². The third kappa shape index (κ3) is 5.18. The molecule has 0 fully saturated rings. The summed E-state index contributed by atoms with van der Waals surface area (Å²) in [5, 5.41) is 0.973. The van der Waals surface area contributed by atoms with Crippen LogP contribution in [0.25, 0.3) is 22.1 Å². The summed E-state index contributed by atoms with van der Waals surface area (Å²) in [6.07, 6.45) is 1.83. The average Bonchev–Trinajstić information content (AvgIpc) is 3.25. The smallest absolute Gasteiger partial charge is 0.310 e. The lowest BCUT2D eigenvalue weighted by Gasteiger charge is -2.12. The molecular formula is C27H27NO5. The van der Waals surface area contributed by atoms with Crippen LogP contribution in [0.3, 0.4) is 0 Å². The van der Waals surface area contributed by atoms with Crippen LogP contribution in [0, 0.1) is 0 Å². The van der Waals surface area contributed by atoms with Gasteiger partial charge in [-0.2, -0.15) is 0 Å². The van der Waals surface area contributed by atoms with Crippen LogP contribution >= 0.6 is 0 Å². The predicted molar refractivity (Wildman–Crippen MR) is 127 cm³/mol. The van der Waals surface area contributed by atoms with E-state index in [0.29, 0.717) is 24.7 Å². The fraction of sp³-hybridized carbons (Fsp3) is 0.222. The molecule has 0 spiro atoms. The molecule has 1 aromatic heterocycles. The molecule has 170 valence electrons. The average molecular weight is 446 g/mol. The maximum absolute atomic E-state index is 12.0. The molecule has 0 atom stereocenters. The van der Waals surface area contributed by atoms with E-state index in [-0.39, 0.29) is 19.0 Å². The zero-order chi connectivity index (χ0) is 23.2. The monoisotopic (exact) mass is 445 g/mol. The number of esters is 1. The zero-order valence-corrected chi connectivity index (χ0v) is 18.8. The Balaban J connectivity index is 1.60. The van der Waals surface area contributed by atoms with Crippen LogP contribution in [0.4, 0.5) is 0 Å². The van der Waals surface area contributed by atoms with Crippen molar-refractivity contribution in [1.29, 1.82) is 0 Å². The van der Waals surface area contributed by atoms with Crippen LogP contribution in [-0.2, 0) is 29.1 Å². The van der Waals surface area contributed by atoms with E-state index in [1.807, 2.05) is 30.3 Å². The van der Waals surface area contributed by atoms with Gasteiger partial charge in [0.05, 0.1) is 26.4 Å². The van der Waals surface area contributed by atoms with Gasteiger partial charge in [0.1, 0.15) is 23.7 Å². The van der Waals surface area contributed by atoms with Gasteiger partial charge in [0.25, 0.3) is 0 Å². The summed E-state index contributed by atoms with van der Waals surface area (Å²) < 4.78 is 22.3. The molecule has 4 aromatic rings. The van der Waals surface area contributed by atoms with Crippen molar-refractivity contribution in [1.82, 2.24) is 0 Å². The molecular weight excluding hydrogens is 418 g/mol. The van der Waals surface area contributed by atoms with E-state index >= 15 is 0 Å². The number of carbonyl (C=O) groups excluding carboxylic acids is 1. The quantitative estimate of drug-likeness (QED) is 0.354. The van der Waals surface area contributed by atoms with Crippen LogP contribution in [0.5, 0.6) is 11.5 Å². The van der Waals surface area contributed by atoms with Crippen molar-refractivity contribution >= 4 is 16.9 Å². The van der Waals surface area contributed by atoms with Gasteiger partial charge in [0.15, 0.2) is 0 Å². The summed E-state index contributed by atoms with van der Waals surface area (Å²) in [7, 11) is 1.59. The molecule has 6 heteroatoms. The number of methoxy groups -OCH3 is 1. The SMILES string of the molecule is CCOC(=O)Cc1ccc(OC)cc1OCc1coc2ccc(-c3cccc(CN)c3)cc12. The Kier molecular flexibility index (Phi) is 6.95. The third-order valence-electron chi connectivity index (χ3n) is 5.45. The molecule has 0 saturated heterocycles. The lowest BCUT2D eigenvalue weighted by molar-refractivity contribution is -0.142. The molecule has 3 aromatic carbocycles. The van der Waals surface area contributed by atoms with E-state index < -0.39 is 0 Å². The molecule has 0 aliphatic rings. The second kappa shape index (κ2) is 10.2. The van der Waals surface area contributed by atoms with Crippen LogP contribution in [-0.4, -0.2) is 19.7 Å². The highest BCUT2D eigenvalue weighted by Crippen LogP contribution is 2.31. The minimum atomic E-state index is -0.300. The van der Waals surface area contributed by atoms with Gasteiger partial charge in [-0.05, 0) is 47.9 Å². The number of hydrogen-bond donors (Lipinski definition) is 1. The van der Waals surface area contributed by atoms with E-state index in [1.54, 1.807) is 32.4 Å². The molecule has 0 bridgehead atoms. The lowest BCUT2D eigenvalue weighted by Crippen LogP contribution is -2.09. The van der Waals surface area contributed by atoms with Crippen molar-refractivity contribution in [2.24, 2.45) is 5.73 Å². The summed E-state index contributed by atoms with van der Waals surface area (Å²) in [5.41, 5.74) is 11.5. The Bertz CT molecular complexity index is 1260. The number of nitrogens with two attached hydrogens (primary N) is 1. The molecule has 0 unspecified atom stereocenters. The van der Waals surface area contributed by atoms with Crippen molar-refractivity contribution in [3.63, 3.8) is 0 Å². The molecule has 2 N–H and O–H groups in total. The highest BCUT2D eigenvalue weighted by Gasteiger charge is 2.14. The second-order valence-electron chi connectivity index (χ2n) is 7.62. The van der Waals surface area contributed by atoms with Crippen molar-refractivity contribution in [2.45, 2.75) is 26.5 Å². The first-order valence-corrected chi connectivity index (χ1v) is 10.9. The number of ether oxygens (including phenoxy) is 3. The number of fused-ring (bicyclic) bond motifs is 1. The Morgan fingerprint density at radius 2 is 1.85 bits per heavy atom. The van der Waals surface area contributed by atoms with Crippen LogP contribution < -0.4 is 15.2 Å². The molecule has 0 aliphatic carbocycles. The Labute approximate surface area is 192 Å². The largest absolute Gasteiger partial charge is 0.497 e. The van der Waals surface area contributed by atoms with Gasteiger partial charge in [-0.15, -0.1) is 0 Å². The Morgan fingerprint density at radius 3 is 2.64 bits per heavy atom. The van der Waals surface area contributed by atoms with Gasteiger partial charge in [-0.1, -0.05) is 30.3 Å². The molecule has 0 radical (unpaired) electrons. The summed E-state index contributed by atoms with van der Waals surface area (Å²) in [5.74, 6) is 0.922. The highest BCUT2D eigenvalue weighted by atomic mass is 16.5. The van der Waals surface area contributed by atoms with Crippen molar-refractivity contribution in [3.8, 4) is 22.6 Å². The normalized spacial score (nSPS) is 10.9. The summed E-state index contributed by atoms with van der Waals surface area (Å²) in [6, 6.07) is 19.7. The first-order valence-electron chi connectivity index (χ1n) is 10.9. The number of rotatable bonds is 9. The van der Waals surface area contributed by atoms with Crippen molar-refractivity contribution < 1.29 is 23.4 Å². The second-order valence-corrected chi connectivity index (χ2v) is 7.62. The predicted octanol–water partition coefficient (Wildman–Crippen LogP) is 5.25. The maximum Gasteiger partial charge on any atom is 0.310 e. The molecule has 1 heterocycles. The van der Waals surface area contributed by atoms with Gasteiger partial charge in [-0.3, -0.25) is 4.79 Å². The van der Waals surface area contributed by atoms with Gasteiger partial charge in [0.2, 0.25) is 0 Å². The lowest BCUT2D eigenvalue weighted by atomic mass is 10.0. The summed E-state index contributed by atoms with van der Waals surface area (Å²) >= 11 is 0. The first kappa shape index (κ1) is 22.4. The first-order chi connectivity index (χ1) is 16.1. The van der Waals surface area contributed by atoms with Crippen molar-refractivity contribution in [2.75, 3.05) is 13.7 Å². The topological polar surface area (TPSA) is 83.9 Å². The summed E-state index contributed by atoms with van der Waals surface area (Å²) in [6.45, 7) is 2.90. The minimum absolute atomic E-state index is 0.126. The van der Waals surface area contributed by atoms with E-state index in [4.69, 9.17) is 24.4 Å². The van der Waals surface area contributed by atoms with Crippen LogP contribution in [0.1, 0.15) is 23.6 Å². The van der Waals surface area contributed by atoms with E-state index in [1.165, 1.54) is 0 Å². The number of furan rings is 1. The number of benzene rings is 3. The maximum atomic E-state index is 12.0. The minimum Gasteiger partial charge on any atom is -0.497 e.